The van der Waals surface area contributed by atoms with Gasteiger partial charge in [0, 0.05) is 30.0 Å². The van der Waals surface area contributed by atoms with E-state index < -0.39 is 23.5 Å². The lowest BCUT2D eigenvalue weighted by molar-refractivity contribution is -0.222. The molecule has 0 N–H and O–H groups in total. The highest BCUT2D eigenvalue weighted by molar-refractivity contribution is 6.31. The van der Waals surface area contributed by atoms with Crippen molar-refractivity contribution in [1.82, 2.24) is 0 Å². The van der Waals surface area contributed by atoms with Gasteiger partial charge in [-0.3, -0.25) is 0 Å². The van der Waals surface area contributed by atoms with Gasteiger partial charge in [-0.1, -0.05) is 29.3 Å². The largest absolute Gasteiger partial charge is 0.488 e. The van der Waals surface area contributed by atoms with E-state index >= 15 is 0 Å². The monoisotopic (exact) mass is 424 g/mol. The van der Waals surface area contributed by atoms with Gasteiger partial charge in [0.15, 0.2) is 0 Å². The van der Waals surface area contributed by atoms with Crippen LogP contribution in [0.2, 0.25) is 10.0 Å². The maximum atomic E-state index is 13.2. The summed E-state index contributed by atoms with van der Waals surface area (Å²) in [6.07, 6.45) is 1.29. The van der Waals surface area contributed by atoms with Crippen molar-refractivity contribution in [1.29, 1.82) is 0 Å². The molecule has 1 aliphatic heterocycles. The highest BCUT2D eigenvalue weighted by Crippen LogP contribution is 2.30. The van der Waals surface area contributed by atoms with E-state index in [1.807, 2.05) is 0 Å². The fourth-order valence-electron chi connectivity index (χ4n) is 2.49. The first-order valence-electron chi connectivity index (χ1n) is 8.19. The van der Waals surface area contributed by atoms with Crippen LogP contribution in [-0.2, 0) is 25.7 Å². The Hall–Kier alpha value is -2.57. The zero-order valence-corrected chi connectivity index (χ0v) is 16.4. The molecule has 2 aromatic carbocycles. The quantitative estimate of drug-likeness (QED) is 0.395. The molecule has 0 unspecified atom stereocenters. The van der Waals surface area contributed by atoms with Gasteiger partial charge < -0.3 is 14.2 Å². The molecule has 0 radical (unpaired) electrons. The van der Waals surface area contributed by atoms with Crippen molar-refractivity contribution in [2.24, 2.45) is 0 Å². The maximum absolute atomic E-state index is 13.2. The van der Waals surface area contributed by atoms with Crippen LogP contribution in [0.5, 0.6) is 5.75 Å². The molecule has 1 saturated heterocycles. The van der Waals surface area contributed by atoms with Gasteiger partial charge in [0.25, 0.3) is 5.79 Å². The van der Waals surface area contributed by atoms with E-state index in [4.69, 9.17) is 37.4 Å². The number of cyclic esters (lactones) is 2. The van der Waals surface area contributed by atoms with Crippen molar-refractivity contribution in [2.45, 2.75) is 26.2 Å². The number of ether oxygens (including phenoxy) is 3. The first-order chi connectivity index (χ1) is 13.1. The van der Waals surface area contributed by atoms with Gasteiger partial charge >= 0.3 is 11.9 Å². The van der Waals surface area contributed by atoms with Crippen LogP contribution in [0, 0.1) is 5.82 Å². The van der Waals surface area contributed by atoms with E-state index in [0.29, 0.717) is 21.9 Å². The van der Waals surface area contributed by atoms with E-state index in [-0.39, 0.29) is 17.2 Å². The first kappa shape index (κ1) is 20.2. The van der Waals surface area contributed by atoms with Crippen LogP contribution in [0.4, 0.5) is 4.39 Å². The van der Waals surface area contributed by atoms with Crippen LogP contribution in [0.1, 0.15) is 25.0 Å². The summed E-state index contributed by atoms with van der Waals surface area (Å²) >= 11 is 12.0. The van der Waals surface area contributed by atoms with Crippen LogP contribution < -0.4 is 4.74 Å². The Morgan fingerprint density at radius 1 is 1.07 bits per heavy atom. The summed E-state index contributed by atoms with van der Waals surface area (Å²) in [6, 6.07) is 8.65. The molecule has 5 nitrogen and oxygen atoms in total. The molecule has 0 aliphatic carbocycles. The highest BCUT2D eigenvalue weighted by atomic mass is 35.5. The Kier molecular flexibility index (Phi) is 5.63. The summed E-state index contributed by atoms with van der Waals surface area (Å²) in [5.74, 6) is -3.08. The van der Waals surface area contributed by atoms with E-state index in [0.717, 1.165) is 0 Å². The molecule has 0 atom stereocenters. The van der Waals surface area contributed by atoms with Crippen LogP contribution >= 0.6 is 23.2 Å². The van der Waals surface area contributed by atoms with Crippen LogP contribution in [-0.4, -0.2) is 17.7 Å². The molecular formula is C20H15Cl2FO5. The molecule has 3 rings (SSSR count). The second-order valence-corrected chi connectivity index (χ2v) is 7.29. The normalized spacial score (nSPS) is 15.7. The minimum Gasteiger partial charge on any atom is -0.488 e. The fraction of sp³-hybridized carbons (Fsp3) is 0.200. The number of halogens is 3. The maximum Gasteiger partial charge on any atom is 0.348 e. The average Bonchev–Trinajstić information content (AvgIpc) is 2.58. The zero-order valence-electron chi connectivity index (χ0n) is 14.9. The summed E-state index contributed by atoms with van der Waals surface area (Å²) in [7, 11) is 0. The smallest absolute Gasteiger partial charge is 0.348 e. The molecule has 0 bridgehead atoms. The van der Waals surface area contributed by atoms with E-state index in [1.165, 1.54) is 44.2 Å². The van der Waals surface area contributed by atoms with Crippen LogP contribution in [0.25, 0.3) is 6.08 Å². The average molecular weight is 425 g/mol. The summed E-state index contributed by atoms with van der Waals surface area (Å²) < 4.78 is 29.1. The van der Waals surface area contributed by atoms with E-state index in [1.54, 1.807) is 12.1 Å². The second-order valence-electron chi connectivity index (χ2n) is 6.44. The lowest BCUT2D eigenvalue weighted by atomic mass is 10.1. The topological polar surface area (TPSA) is 61.8 Å². The standard InChI is InChI=1S/C20H15Cl2FO5/c1-20(2)27-18(24)15(19(25)28-20)8-12-7-13(21)4-6-17(12)26-10-11-3-5-14(23)9-16(11)22/h3-9H,10H2,1-2H3. The molecule has 0 spiro atoms. The summed E-state index contributed by atoms with van der Waals surface area (Å²) in [5.41, 5.74) is 0.649. The Balaban J connectivity index is 1.89. The lowest BCUT2D eigenvalue weighted by Crippen LogP contribution is -2.41. The Morgan fingerprint density at radius 2 is 1.75 bits per heavy atom. The number of carbonyl (C=O) groups excluding carboxylic acids is 2. The predicted octanol–water partition coefficient (Wildman–Crippen LogP) is 4.93. The number of benzene rings is 2. The van der Waals surface area contributed by atoms with Crippen molar-refractivity contribution in [3.63, 3.8) is 0 Å². The van der Waals surface area contributed by atoms with E-state index in [9.17, 15) is 14.0 Å². The van der Waals surface area contributed by atoms with Crippen LogP contribution in [0.3, 0.4) is 0 Å². The van der Waals surface area contributed by atoms with Crippen LogP contribution in [0.15, 0.2) is 42.0 Å². The van der Waals surface area contributed by atoms with Crippen molar-refractivity contribution >= 4 is 41.2 Å². The van der Waals surface area contributed by atoms with Gasteiger partial charge in [0.05, 0.1) is 5.02 Å². The number of rotatable bonds is 4. The Labute approximate surface area is 170 Å². The fourth-order valence-corrected chi connectivity index (χ4v) is 2.89. The minimum absolute atomic E-state index is 0.0405. The van der Waals surface area contributed by atoms with Gasteiger partial charge in [-0.25, -0.2) is 14.0 Å². The van der Waals surface area contributed by atoms with Gasteiger partial charge in [0.2, 0.25) is 0 Å². The van der Waals surface area contributed by atoms with Crippen molar-refractivity contribution in [2.75, 3.05) is 0 Å². The third-order valence-corrected chi connectivity index (χ3v) is 4.37. The molecule has 2 aromatic rings. The SMILES string of the molecule is CC1(C)OC(=O)C(=Cc2cc(Cl)ccc2OCc2ccc(F)cc2Cl)C(=O)O1. The molecule has 0 amide bonds. The van der Waals surface area contributed by atoms with Crippen molar-refractivity contribution < 1.29 is 28.2 Å². The zero-order chi connectivity index (χ0) is 20.5. The molecule has 0 aromatic heterocycles. The van der Waals surface area contributed by atoms with Gasteiger partial charge in [0.1, 0.15) is 23.7 Å². The van der Waals surface area contributed by atoms with Crippen molar-refractivity contribution in [3.8, 4) is 5.75 Å². The van der Waals surface area contributed by atoms with Gasteiger partial charge in [-0.2, -0.15) is 0 Å². The summed E-state index contributed by atoms with van der Waals surface area (Å²) in [4.78, 5) is 24.3. The molecule has 8 heteroatoms. The Morgan fingerprint density at radius 3 is 2.39 bits per heavy atom. The lowest BCUT2D eigenvalue weighted by Gasteiger charge is -2.29. The third kappa shape index (κ3) is 4.64. The molecule has 1 fully saturated rings. The minimum atomic E-state index is -1.33. The molecule has 1 heterocycles. The molecule has 28 heavy (non-hydrogen) atoms. The number of hydrogen-bond acceptors (Lipinski definition) is 5. The van der Waals surface area contributed by atoms with Gasteiger partial charge in [-0.05, 0) is 36.4 Å². The number of esters is 2. The molecule has 0 saturated carbocycles. The number of carbonyl (C=O) groups is 2. The first-order valence-corrected chi connectivity index (χ1v) is 8.95. The molecule has 1 aliphatic rings. The summed E-state index contributed by atoms with van der Waals surface area (Å²) in [5, 5.41) is 0.590. The van der Waals surface area contributed by atoms with Crippen molar-refractivity contribution in [3.05, 3.63) is 69.0 Å². The number of hydrogen-bond donors (Lipinski definition) is 0. The van der Waals surface area contributed by atoms with E-state index in [2.05, 4.69) is 0 Å². The molecule has 146 valence electrons. The highest BCUT2D eigenvalue weighted by Gasteiger charge is 2.39. The Bertz CT molecular complexity index is 963. The summed E-state index contributed by atoms with van der Waals surface area (Å²) in [6.45, 7) is 2.96. The second kappa shape index (κ2) is 7.81. The predicted molar refractivity (Wildman–Crippen MR) is 101 cm³/mol. The van der Waals surface area contributed by atoms with Gasteiger partial charge in [-0.15, -0.1) is 0 Å². The third-order valence-electron chi connectivity index (χ3n) is 3.79. The molecular weight excluding hydrogens is 410 g/mol.